The molecule has 0 aromatic heterocycles. The highest BCUT2D eigenvalue weighted by Crippen LogP contribution is 2.63. The Labute approximate surface area is 202 Å². The fourth-order valence-corrected chi connectivity index (χ4v) is 8.08. The smallest absolute Gasteiger partial charge is 0.477 e. The number of benzene rings is 1. The number of piperidine rings is 1. The summed E-state index contributed by atoms with van der Waals surface area (Å²) in [6.45, 7) is 7.57. The fourth-order valence-electron chi connectivity index (χ4n) is 8.08. The lowest BCUT2D eigenvalue weighted by molar-refractivity contribution is -0.138. The molecule has 34 heavy (non-hydrogen) atoms. The molecule has 4 unspecified atom stereocenters. The molecule has 5 aliphatic rings. The lowest BCUT2D eigenvalue weighted by atomic mass is 9.52. The Hall–Kier alpha value is -2.08. The maximum absolute atomic E-state index is 13.1. The van der Waals surface area contributed by atoms with E-state index < -0.39 is 12.3 Å². The minimum absolute atomic E-state index is 0.120. The molecule has 6 rings (SSSR count). The molecule has 1 aromatic rings. The second-order valence-electron chi connectivity index (χ2n) is 11.9. The van der Waals surface area contributed by atoms with E-state index in [1.807, 2.05) is 6.07 Å². The third-order valence-electron chi connectivity index (χ3n) is 9.77. The van der Waals surface area contributed by atoms with Gasteiger partial charge in [0.1, 0.15) is 6.10 Å². The summed E-state index contributed by atoms with van der Waals surface area (Å²) in [5, 5.41) is 0. The van der Waals surface area contributed by atoms with Crippen LogP contribution in [0.5, 0.6) is 11.5 Å². The lowest BCUT2D eigenvalue weighted by Gasteiger charge is -2.57. The zero-order valence-corrected chi connectivity index (χ0v) is 20.8. The third-order valence-corrected chi connectivity index (χ3v) is 9.77. The molecule has 7 atom stereocenters. The van der Waals surface area contributed by atoms with Gasteiger partial charge < -0.3 is 19.1 Å². The van der Waals surface area contributed by atoms with Crippen molar-refractivity contribution in [3.05, 3.63) is 23.3 Å². The van der Waals surface area contributed by atoms with Crippen LogP contribution in [-0.2, 0) is 21.4 Å². The van der Waals surface area contributed by atoms with Gasteiger partial charge in [0, 0.05) is 23.4 Å². The Balaban J connectivity index is 1.31. The van der Waals surface area contributed by atoms with E-state index in [-0.39, 0.29) is 17.3 Å². The highest BCUT2D eigenvalue weighted by Gasteiger charge is 2.65. The number of Topliss-reactive ketones (excluding diaryl/α,β-unsaturated/α-hetero) is 1. The first-order chi connectivity index (χ1) is 16.3. The van der Waals surface area contributed by atoms with Crippen LogP contribution in [0.1, 0.15) is 70.4 Å². The normalized spacial score (nSPS) is 38.3. The van der Waals surface area contributed by atoms with Gasteiger partial charge in [-0.05, 0) is 81.0 Å². The molecule has 2 heterocycles. The molecule has 3 aliphatic carbocycles. The molecule has 2 saturated carbocycles. The van der Waals surface area contributed by atoms with Gasteiger partial charge in [0.15, 0.2) is 23.4 Å². The van der Waals surface area contributed by atoms with Gasteiger partial charge in [-0.3, -0.25) is 4.79 Å². The van der Waals surface area contributed by atoms with Crippen molar-refractivity contribution in [1.82, 2.24) is 4.90 Å². The Morgan fingerprint density at radius 3 is 2.85 bits per heavy atom. The van der Waals surface area contributed by atoms with Gasteiger partial charge in [0.25, 0.3) is 0 Å². The first-order valence-corrected chi connectivity index (χ1v) is 13.2. The highest BCUT2D eigenvalue weighted by atomic mass is 16.7. The van der Waals surface area contributed by atoms with Crippen LogP contribution < -0.4 is 9.47 Å². The minimum Gasteiger partial charge on any atom is -0.477 e. The number of likely N-dealkylation sites (tertiary alicyclic amines) is 1. The van der Waals surface area contributed by atoms with Crippen LogP contribution in [0.2, 0.25) is 0 Å². The quantitative estimate of drug-likeness (QED) is 0.465. The molecule has 0 radical (unpaired) electrons. The van der Waals surface area contributed by atoms with Crippen molar-refractivity contribution in [3.8, 4) is 11.5 Å². The summed E-state index contributed by atoms with van der Waals surface area (Å²) in [4.78, 5) is 28.5. The van der Waals surface area contributed by atoms with E-state index in [0.717, 1.165) is 44.2 Å². The summed E-state index contributed by atoms with van der Waals surface area (Å²) in [6, 6.07) is 4.35. The topological polar surface area (TPSA) is 65.1 Å². The molecule has 6 nitrogen and oxygen atoms in total. The van der Waals surface area contributed by atoms with Gasteiger partial charge in [0.05, 0.1) is 0 Å². The standard InChI is InChI=1S/C28H37NO5/c1-15(2)18-7-5-16(3)13-23(18)33-27(31)32-22-10-6-17-14-20-19-8-9-21(30)26-28(19,11-12-29(20)4)24(17)25(22)34-26/h6,10,15-16,18-20,23,26H,5,7-9,11-14H2,1-4H3/t16-,18+,19?,20?,23?,26-,28?/m0/s1. The average Bonchev–Trinajstić information content (AvgIpc) is 3.14. The number of nitrogens with zero attached hydrogens (tertiary/aromatic N) is 1. The van der Waals surface area contributed by atoms with E-state index in [0.29, 0.717) is 47.6 Å². The molecular formula is C28H37NO5. The van der Waals surface area contributed by atoms with E-state index in [1.165, 1.54) is 12.0 Å². The molecule has 0 N–H and O–H groups in total. The maximum Gasteiger partial charge on any atom is 0.514 e. The van der Waals surface area contributed by atoms with E-state index in [1.54, 1.807) is 0 Å². The largest absolute Gasteiger partial charge is 0.514 e. The number of hydrogen-bond acceptors (Lipinski definition) is 6. The molecule has 1 aromatic carbocycles. The number of hydrogen-bond donors (Lipinski definition) is 0. The molecule has 0 amide bonds. The van der Waals surface area contributed by atoms with Crippen molar-refractivity contribution < 1.29 is 23.8 Å². The van der Waals surface area contributed by atoms with E-state index >= 15 is 0 Å². The van der Waals surface area contributed by atoms with Gasteiger partial charge in [0.2, 0.25) is 0 Å². The van der Waals surface area contributed by atoms with Crippen molar-refractivity contribution in [3.63, 3.8) is 0 Å². The van der Waals surface area contributed by atoms with Gasteiger partial charge in [-0.2, -0.15) is 0 Å². The van der Waals surface area contributed by atoms with Crippen LogP contribution in [0.3, 0.4) is 0 Å². The molecule has 6 heteroatoms. The molecule has 2 aliphatic heterocycles. The van der Waals surface area contributed by atoms with Crippen LogP contribution in [0, 0.1) is 23.7 Å². The summed E-state index contributed by atoms with van der Waals surface area (Å²) in [6.07, 6.45) is 5.24. The van der Waals surface area contributed by atoms with Crippen molar-refractivity contribution in [2.75, 3.05) is 13.6 Å². The zero-order valence-electron chi connectivity index (χ0n) is 20.8. The monoisotopic (exact) mass is 467 g/mol. The van der Waals surface area contributed by atoms with Gasteiger partial charge in [-0.1, -0.05) is 33.3 Å². The number of rotatable bonds is 3. The second-order valence-corrected chi connectivity index (χ2v) is 11.9. The van der Waals surface area contributed by atoms with Crippen LogP contribution in [0.25, 0.3) is 0 Å². The number of ketones is 1. The van der Waals surface area contributed by atoms with Crippen molar-refractivity contribution >= 4 is 11.9 Å². The van der Waals surface area contributed by atoms with Gasteiger partial charge >= 0.3 is 6.16 Å². The van der Waals surface area contributed by atoms with Crippen molar-refractivity contribution in [2.24, 2.45) is 23.7 Å². The maximum atomic E-state index is 13.1. The van der Waals surface area contributed by atoms with Crippen LogP contribution in [0.15, 0.2) is 12.1 Å². The summed E-state index contributed by atoms with van der Waals surface area (Å²) < 4.78 is 18.2. The van der Waals surface area contributed by atoms with Crippen LogP contribution >= 0.6 is 0 Å². The van der Waals surface area contributed by atoms with Crippen LogP contribution in [0.4, 0.5) is 4.79 Å². The SMILES string of the molecule is CC(C)[C@H]1CC[C@H](C)CC1OC(=O)Oc1ccc2c3c1O[C@H]1C(=O)CCC4C(C2)N(C)CCC341. The van der Waals surface area contributed by atoms with Crippen LogP contribution in [-0.4, -0.2) is 48.7 Å². The predicted molar refractivity (Wildman–Crippen MR) is 127 cm³/mol. The Morgan fingerprint density at radius 2 is 2.06 bits per heavy atom. The van der Waals surface area contributed by atoms with E-state index in [9.17, 15) is 9.59 Å². The zero-order chi connectivity index (χ0) is 23.8. The van der Waals surface area contributed by atoms with Crippen molar-refractivity contribution in [2.45, 2.75) is 89.4 Å². The lowest BCUT2D eigenvalue weighted by Crippen LogP contribution is -2.65. The number of ether oxygens (including phenoxy) is 3. The first kappa shape index (κ1) is 22.4. The molecule has 1 saturated heterocycles. The number of carbonyl (C=O) groups excluding carboxylic acids is 2. The minimum atomic E-state index is -0.656. The van der Waals surface area contributed by atoms with Gasteiger partial charge in [-0.15, -0.1) is 0 Å². The molecule has 1 spiro atoms. The summed E-state index contributed by atoms with van der Waals surface area (Å²) in [5.74, 6) is 2.96. The highest BCUT2D eigenvalue weighted by molar-refractivity contribution is 5.89. The van der Waals surface area contributed by atoms with Gasteiger partial charge in [-0.25, -0.2) is 4.79 Å². The summed E-state index contributed by atoms with van der Waals surface area (Å²) in [5.41, 5.74) is 2.10. The van der Waals surface area contributed by atoms with Crippen molar-refractivity contribution in [1.29, 1.82) is 0 Å². The molecule has 184 valence electrons. The summed E-state index contributed by atoms with van der Waals surface area (Å²) in [7, 11) is 2.20. The first-order valence-electron chi connectivity index (χ1n) is 13.2. The predicted octanol–water partition coefficient (Wildman–Crippen LogP) is 4.90. The Morgan fingerprint density at radius 1 is 1.24 bits per heavy atom. The molecular weight excluding hydrogens is 430 g/mol. The molecule has 2 bridgehead atoms. The number of carbonyl (C=O) groups is 2. The average molecular weight is 468 g/mol. The fraction of sp³-hybridized carbons (Fsp3) is 0.714. The molecule has 3 fully saturated rings. The Bertz CT molecular complexity index is 1020. The summed E-state index contributed by atoms with van der Waals surface area (Å²) >= 11 is 0. The van der Waals surface area contributed by atoms with E-state index in [4.69, 9.17) is 14.2 Å². The number of likely N-dealkylation sites (N-methyl/N-ethyl adjacent to an activating group) is 1. The third kappa shape index (κ3) is 3.16. The van der Waals surface area contributed by atoms with E-state index in [2.05, 4.69) is 38.8 Å². The Kier molecular flexibility index (Phi) is 5.25. The second kappa shape index (κ2) is 7.97.